The lowest BCUT2D eigenvalue weighted by molar-refractivity contribution is 0.423. The number of aryl methyl sites for hydroxylation is 1. The smallest absolute Gasteiger partial charge is 0.0781 e. The third kappa shape index (κ3) is 4.48. The minimum atomic E-state index is 0.583. The second kappa shape index (κ2) is 4.83. The molecule has 1 aromatic rings. The first-order valence-corrected chi connectivity index (χ1v) is 4.53. The summed E-state index contributed by atoms with van der Waals surface area (Å²) in [6.45, 7) is 8.78. The average Bonchev–Trinajstić information content (AvgIpc) is 2.90. The summed E-state index contributed by atoms with van der Waals surface area (Å²) in [6, 6.07) is 8.28. The molecular weight excluding hydrogens is 160 g/mol. The van der Waals surface area contributed by atoms with Gasteiger partial charge in [0.1, 0.15) is 0 Å². The van der Waals surface area contributed by atoms with Gasteiger partial charge >= 0.3 is 0 Å². The van der Waals surface area contributed by atoms with Crippen molar-refractivity contribution in [2.45, 2.75) is 20.0 Å². The van der Waals surface area contributed by atoms with Crippen LogP contribution in [0.1, 0.15) is 18.1 Å². The van der Waals surface area contributed by atoms with E-state index in [-0.39, 0.29) is 0 Å². The van der Waals surface area contributed by atoms with Crippen LogP contribution >= 0.6 is 0 Å². The van der Waals surface area contributed by atoms with Crippen LogP contribution in [0, 0.1) is 6.92 Å². The second-order valence-electron chi connectivity index (χ2n) is 3.26. The fourth-order valence-electron chi connectivity index (χ4n) is 0.799. The van der Waals surface area contributed by atoms with E-state index in [0.717, 1.165) is 6.61 Å². The fraction of sp³-hybridized carbons (Fsp3) is 0.333. The minimum Gasteiger partial charge on any atom is -0.373 e. The summed E-state index contributed by atoms with van der Waals surface area (Å²) < 4.78 is 4.71. The molecule has 0 N–H and O–H groups in total. The number of epoxide rings is 1. The first-order valence-electron chi connectivity index (χ1n) is 4.53. The van der Waals surface area contributed by atoms with E-state index in [4.69, 9.17) is 4.74 Å². The molecule has 0 saturated carbocycles. The molecule has 13 heavy (non-hydrogen) atoms. The molecule has 1 nitrogen and oxygen atoms in total. The van der Waals surface area contributed by atoms with E-state index >= 15 is 0 Å². The molecular formula is C12H16O. The molecule has 0 bridgehead atoms. The molecule has 0 aromatic heterocycles. The monoisotopic (exact) mass is 176 g/mol. The fourth-order valence-corrected chi connectivity index (χ4v) is 0.799. The highest BCUT2D eigenvalue weighted by molar-refractivity contribution is 5.46. The number of hydrogen-bond acceptors (Lipinski definition) is 1. The van der Waals surface area contributed by atoms with Crippen molar-refractivity contribution in [3.8, 4) is 0 Å². The molecule has 0 amide bonds. The molecule has 1 atom stereocenters. The Morgan fingerprint density at radius 1 is 1.38 bits per heavy atom. The molecule has 1 fully saturated rings. The van der Waals surface area contributed by atoms with Crippen molar-refractivity contribution in [3.05, 3.63) is 42.0 Å². The van der Waals surface area contributed by atoms with Gasteiger partial charge in [-0.1, -0.05) is 42.5 Å². The zero-order valence-corrected chi connectivity index (χ0v) is 8.29. The van der Waals surface area contributed by atoms with E-state index in [9.17, 15) is 0 Å². The quantitative estimate of drug-likeness (QED) is 0.599. The standard InChI is InChI=1S/C9H10.C3H6O/c1-3-9-6-4-8(2)5-7-9;1-3-2-4-3/h3-7H,1H2,2H3;3H,2H2,1H3. The number of rotatable bonds is 1. The molecule has 70 valence electrons. The number of hydrogen-bond donors (Lipinski definition) is 0. The van der Waals surface area contributed by atoms with Crippen LogP contribution in [0.5, 0.6) is 0 Å². The number of benzene rings is 1. The predicted molar refractivity (Wildman–Crippen MR) is 56.7 cm³/mol. The van der Waals surface area contributed by atoms with Crippen LogP contribution in [-0.4, -0.2) is 12.7 Å². The maximum Gasteiger partial charge on any atom is 0.0781 e. The Morgan fingerprint density at radius 3 is 2.15 bits per heavy atom. The summed E-state index contributed by atoms with van der Waals surface area (Å²) in [5.74, 6) is 0. The van der Waals surface area contributed by atoms with Crippen LogP contribution in [0.25, 0.3) is 6.08 Å². The second-order valence-corrected chi connectivity index (χ2v) is 3.26. The van der Waals surface area contributed by atoms with Crippen LogP contribution in [-0.2, 0) is 4.74 Å². The van der Waals surface area contributed by atoms with Crippen LogP contribution in [0.15, 0.2) is 30.8 Å². The van der Waals surface area contributed by atoms with Crippen LogP contribution < -0.4 is 0 Å². The zero-order valence-electron chi connectivity index (χ0n) is 8.29. The normalized spacial score (nSPS) is 18.5. The van der Waals surface area contributed by atoms with E-state index in [1.807, 2.05) is 6.08 Å². The lowest BCUT2D eigenvalue weighted by atomic mass is 10.2. The predicted octanol–water partition coefficient (Wildman–Crippen LogP) is 3.04. The van der Waals surface area contributed by atoms with Gasteiger partial charge in [-0.15, -0.1) is 0 Å². The topological polar surface area (TPSA) is 12.5 Å². The Hall–Kier alpha value is -1.08. The molecule has 0 aliphatic carbocycles. The van der Waals surface area contributed by atoms with Gasteiger partial charge in [0.25, 0.3) is 0 Å². The van der Waals surface area contributed by atoms with E-state index in [2.05, 4.69) is 44.7 Å². The molecule has 0 spiro atoms. The first kappa shape index (κ1) is 10.0. The summed E-state index contributed by atoms with van der Waals surface area (Å²) in [4.78, 5) is 0. The maximum absolute atomic E-state index is 4.71. The van der Waals surface area contributed by atoms with Crippen molar-refractivity contribution < 1.29 is 4.74 Å². The molecule has 1 heteroatoms. The van der Waals surface area contributed by atoms with Crippen molar-refractivity contribution in [1.82, 2.24) is 0 Å². The molecule has 1 aliphatic heterocycles. The zero-order chi connectivity index (χ0) is 9.68. The van der Waals surface area contributed by atoms with Gasteiger partial charge in [0.2, 0.25) is 0 Å². The number of ether oxygens (including phenoxy) is 1. The summed E-state index contributed by atoms with van der Waals surface area (Å²) in [6.07, 6.45) is 2.43. The van der Waals surface area contributed by atoms with Crippen molar-refractivity contribution in [3.63, 3.8) is 0 Å². The van der Waals surface area contributed by atoms with Crippen LogP contribution in [0.3, 0.4) is 0 Å². The van der Waals surface area contributed by atoms with Crippen LogP contribution in [0.4, 0.5) is 0 Å². The Morgan fingerprint density at radius 2 is 1.85 bits per heavy atom. The van der Waals surface area contributed by atoms with E-state index in [1.165, 1.54) is 11.1 Å². The summed E-state index contributed by atoms with van der Waals surface area (Å²) in [5, 5.41) is 0. The Balaban J connectivity index is 0.000000175. The first-order chi connectivity index (χ1) is 6.22. The Bertz CT molecular complexity index is 257. The van der Waals surface area contributed by atoms with Gasteiger partial charge in [-0.25, -0.2) is 0 Å². The lowest BCUT2D eigenvalue weighted by Gasteiger charge is -1.91. The highest BCUT2D eigenvalue weighted by Gasteiger charge is 2.13. The van der Waals surface area contributed by atoms with Gasteiger partial charge in [0.05, 0.1) is 12.7 Å². The molecule has 1 saturated heterocycles. The largest absolute Gasteiger partial charge is 0.373 e. The van der Waals surface area contributed by atoms with Crippen molar-refractivity contribution in [2.24, 2.45) is 0 Å². The van der Waals surface area contributed by atoms with Gasteiger partial charge in [-0.05, 0) is 19.4 Å². The van der Waals surface area contributed by atoms with Crippen molar-refractivity contribution in [1.29, 1.82) is 0 Å². The Labute approximate surface area is 80.0 Å². The molecule has 1 aliphatic rings. The molecule has 0 radical (unpaired) electrons. The van der Waals surface area contributed by atoms with Crippen molar-refractivity contribution >= 4 is 6.08 Å². The summed E-state index contributed by atoms with van der Waals surface area (Å²) >= 11 is 0. The minimum absolute atomic E-state index is 0.583. The third-order valence-corrected chi connectivity index (χ3v) is 1.81. The van der Waals surface area contributed by atoms with E-state index in [0.29, 0.717) is 6.10 Å². The summed E-state index contributed by atoms with van der Waals surface area (Å²) in [5.41, 5.74) is 2.47. The van der Waals surface area contributed by atoms with Crippen molar-refractivity contribution in [2.75, 3.05) is 6.61 Å². The molecule has 1 unspecified atom stereocenters. The maximum atomic E-state index is 4.71. The average molecular weight is 176 g/mol. The molecule has 1 heterocycles. The SMILES string of the molecule is C=Cc1ccc(C)cc1.CC1CO1. The molecule has 1 aromatic carbocycles. The van der Waals surface area contributed by atoms with Gasteiger partial charge in [0.15, 0.2) is 0 Å². The third-order valence-electron chi connectivity index (χ3n) is 1.81. The highest BCUT2D eigenvalue weighted by atomic mass is 16.6. The van der Waals surface area contributed by atoms with Crippen LogP contribution in [0.2, 0.25) is 0 Å². The Kier molecular flexibility index (Phi) is 3.71. The summed E-state index contributed by atoms with van der Waals surface area (Å²) in [7, 11) is 0. The lowest BCUT2D eigenvalue weighted by Crippen LogP contribution is -1.71. The van der Waals surface area contributed by atoms with E-state index in [1.54, 1.807) is 0 Å². The van der Waals surface area contributed by atoms with Gasteiger partial charge in [0, 0.05) is 0 Å². The van der Waals surface area contributed by atoms with Gasteiger partial charge in [-0.3, -0.25) is 0 Å². The highest BCUT2D eigenvalue weighted by Crippen LogP contribution is 2.04. The molecule has 2 rings (SSSR count). The van der Waals surface area contributed by atoms with Gasteiger partial charge < -0.3 is 4.74 Å². The van der Waals surface area contributed by atoms with E-state index < -0.39 is 0 Å². The van der Waals surface area contributed by atoms with Gasteiger partial charge in [-0.2, -0.15) is 0 Å².